The minimum Gasteiger partial charge on any atom is -0.444 e. The van der Waals surface area contributed by atoms with Gasteiger partial charge in [-0.1, -0.05) is 54.6 Å². The molecule has 0 heterocycles. The molecule has 1 aliphatic carbocycles. The van der Waals surface area contributed by atoms with Gasteiger partial charge in [0.15, 0.2) is 0 Å². The van der Waals surface area contributed by atoms with Gasteiger partial charge in [-0.05, 0) is 75.7 Å². The summed E-state index contributed by atoms with van der Waals surface area (Å²) in [7, 11) is 0. The van der Waals surface area contributed by atoms with E-state index in [1.807, 2.05) is 67.8 Å². The molecule has 0 aliphatic heterocycles. The molecule has 2 aromatic rings. The Morgan fingerprint density at radius 2 is 1.70 bits per heavy atom. The van der Waals surface area contributed by atoms with Crippen LogP contribution in [0.25, 0.3) is 0 Å². The van der Waals surface area contributed by atoms with E-state index in [4.69, 9.17) is 4.74 Å². The number of nitrogens with one attached hydrogen (secondary N) is 2. The fourth-order valence-electron chi connectivity index (χ4n) is 4.19. The van der Waals surface area contributed by atoms with Crippen LogP contribution < -0.4 is 10.6 Å². The molecule has 0 saturated heterocycles. The number of rotatable bonds is 11. The van der Waals surface area contributed by atoms with E-state index in [1.165, 1.54) is 0 Å². The molecule has 8 heteroatoms. The van der Waals surface area contributed by atoms with E-state index in [0.717, 1.165) is 29.5 Å². The molecule has 2 atom stereocenters. The number of hydrogen-bond acceptors (Lipinski definition) is 5. The van der Waals surface area contributed by atoms with Crippen molar-refractivity contribution in [2.75, 3.05) is 12.0 Å². The molecule has 1 fully saturated rings. The summed E-state index contributed by atoms with van der Waals surface area (Å²) >= 11 is 1.60. The number of carbonyl (C=O) groups excluding carboxylic acids is 3. The van der Waals surface area contributed by atoms with Crippen LogP contribution in [0.4, 0.5) is 4.79 Å². The quantitative estimate of drug-likeness (QED) is 0.432. The highest BCUT2D eigenvalue weighted by molar-refractivity contribution is 7.98. The van der Waals surface area contributed by atoms with Gasteiger partial charge < -0.3 is 20.3 Å². The predicted molar refractivity (Wildman–Crippen MR) is 148 cm³/mol. The first-order chi connectivity index (χ1) is 17.6. The minimum absolute atomic E-state index is 0.0585. The fraction of sp³-hybridized carbons (Fsp3) is 0.483. The first-order valence-electron chi connectivity index (χ1n) is 12.8. The average Bonchev–Trinajstić information content (AvgIpc) is 3.68. The third-order valence-corrected chi connectivity index (χ3v) is 6.76. The average molecular weight is 526 g/mol. The smallest absolute Gasteiger partial charge is 0.408 e. The number of hydrogen-bond donors (Lipinski definition) is 2. The molecule has 1 aliphatic rings. The summed E-state index contributed by atoms with van der Waals surface area (Å²) in [5.74, 6) is 0.185. The van der Waals surface area contributed by atoms with Crippen molar-refractivity contribution in [3.8, 4) is 0 Å². The van der Waals surface area contributed by atoms with Gasteiger partial charge in [0.25, 0.3) is 0 Å². The van der Waals surface area contributed by atoms with E-state index < -0.39 is 23.8 Å². The number of carbonyl (C=O) groups is 3. The van der Waals surface area contributed by atoms with Crippen LogP contribution in [-0.2, 0) is 20.9 Å². The maximum atomic E-state index is 14.1. The molecule has 2 N–H and O–H groups in total. The van der Waals surface area contributed by atoms with E-state index in [-0.39, 0.29) is 17.9 Å². The van der Waals surface area contributed by atoms with Crippen LogP contribution in [0.3, 0.4) is 0 Å². The number of benzene rings is 2. The number of nitrogens with zero attached hydrogens (tertiary/aromatic N) is 1. The largest absolute Gasteiger partial charge is 0.444 e. The van der Waals surface area contributed by atoms with Gasteiger partial charge in [0.2, 0.25) is 11.8 Å². The van der Waals surface area contributed by atoms with Gasteiger partial charge in [-0.3, -0.25) is 9.59 Å². The Hall–Kier alpha value is -3.00. The van der Waals surface area contributed by atoms with Crippen molar-refractivity contribution < 1.29 is 19.1 Å². The molecule has 0 bridgehead atoms. The Bertz CT molecular complexity index is 1070. The maximum absolute atomic E-state index is 14.1. The summed E-state index contributed by atoms with van der Waals surface area (Å²) in [5.41, 5.74) is 2.01. The van der Waals surface area contributed by atoms with E-state index in [9.17, 15) is 14.4 Å². The van der Waals surface area contributed by atoms with Crippen molar-refractivity contribution in [1.82, 2.24) is 15.5 Å². The highest BCUT2D eigenvalue weighted by atomic mass is 32.2. The third-order valence-electron chi connectivity index (χ3n) is 6.11. The Morgan fingerprint density at radius 1 is 1.05 bits per heavy atom. The van der Waals surface area contributed by atoms with Crippen LogP contribution in [0.5, 0.6) is 0 Å². The van der Waals surface area contributed by atoms with Crippen molar-refractivity contribution in [2.24, 2.45) is 0 Å². The van der Waals surface area contributed by atoms with Crippen molar-refractivity contribution in [2.45, 2.75) is 77.2 Å². The lowest BCUT2D eigenvalue weighted by Gasteiger charge is -2.35. The Morgan fingerprint density at radius 3 is 2.30 bits per heavy atom. The second kappa shape index (κ2) is 13.0. The van der Waals surface area contributed by atoms with Gasteiger partial charge in [-0.25, -0.2) is 4.79 Å². The van der Waals surface area contributed by atoms with E-state index in [1.54, 1.807) is 37.4 Å². The number of thioether (sulfide) groups is 1. The number of alkyl carbamates (subject to hydrolysis) is 1. The first kappa shape index (κ1) is 28.6. The van der Waals surface area contributed by atoms with Crippen LogP contribution in [0, 0.1) is 6.92 Å². The number of aryl methyl sites for hydroxylation is 1. The molecular weight excluding hydrogens is 486 g/mol. The van der Waals surface area contributed by atoms with Crippen molar-refractivity contribution in [1.29, 1.82) is 0 Å². The molecule has 37 heavy (non-hydrogen) atoms. The van der Waals surface area contributed by atoms with Gasteiger partial charge in [0.1, 0.15) is 17.7 Å². The zero-order chi connectivity index (χ0) is 27.0. The maximum Gasteiger partial charge on any atom is 0.408 e. The lowest BCUT2D eigenvalue weighted by molar-refractivity contribution is -0.143. The summed E-state index contributed by atoms with van der Waals surface area (Å²) in [4.78, 5) is 42.2. The van der Waals surface area contributed by atoms with Gasteiger partial charge in [-0.15, -0.1) is 0 Å². The molecule has 3 amide bonds. The Kier molecular flexibility index (Phi) is 10.0. The lowest BCUT2D eigenvalue weighted by atomic mass is 9.97. The summed E-state index contributed by atoms with van der Waals surface area (Å²) in [6, 6.07) is 15.7. The highest BCUT2D eigenvalue weighted by Gasteiger charge is 2.44. The Labute approximate surface area is 224 Å². The zero-order valence-corrected chi connectivity index (χ0v) is 23.3. The molecule has 3 rings (SSSR count). The summed E-state index contributed by atoms with van der Waals surface area (Å²) in [6.07, 6.45) is 3.41. The monoisotopic (exact) mass is 525 g/mol. The van der Waals surface area contributed by atoms with Gasteiger partial charge in [0.05, 0.1) is 0 Å². The third kappa shape index (κ3) is 8.52. The van der Waals surface area contributed by atoms with Crippen molar-refractivity contribution in [3.05, 3.63) is 71.3 Å². The Balaban J connectivity index is 1.92. The molecule has 0 radical (unpaired) electrons. The van der Waals surface area contributed by atoms with Crippen LogP contribution >= 0.6 is 11.8 Å². The van der Waals surface area contributed by atoms with Gasteiger partial charge >= 0.3 is 6.09 Å². The molecule has 0 spiro atoms. The van der Waals surface area contributed by atoms with Crippen molar-refractivity contribution >= 4 is 29.7 Å². The van der Waals surface area contributed by atoms with Crippen LogP contribution in [0.2, 0.25) is 0 Å². The van der Waals surface area contributed by atoms with Gasteiger partial charge in [-0.2, -0.15) is 11.8 Å². The number of amides is 3. The molecule has 200 valence electrons. The predicted octanol–water partition coefficient (Wildman–Crippen LogP) is 4.99. The highest BCUT2D eigenvalue weighted by Crippen LogP contribution is 2.37. The zero-order valence-electron chi connectivity index (χ0n) is 22.5. The summed E-state index contributed by atoms with van der Waals surface area (Å²) in [5, 5.41) is 5.84. The topological polar surface area (TPSA) is 87.7 Å². The SMILES string of the molecule is CSCCC(NC(=O)OC(C)(C)C)C(=O)N(C1CC1)C(C(=O)NCc1ccccc1)c1ccccc1C. The normalized spacial score (nSPS) is 14.8. The molecule has 1 saturated carbocycles. The van der Waals surface area contributed by atoms with Crippen LogP contribution in [-0.4, -0.2) is 52.5 Å². The van der Waals surface area contributed by atoms with Gasteiger partial charge in [0, 0.05) is 12.6 Å². The molecule has 2 aromatic carbocycles. The van der Waals surface area contributed by atoms with E-state index in [2.05, 4.69) is 10.6 Å². The van der Waals surface area contributed by atoms with Crippen LogP contribution in [0.15, 0.2) is 54.6 Å². The van der Waals surface area contributed by atoms with E-state index >= 15 is 0 Å². The summed E-state index contributed by atoms with van der Waals surface area (Å²) < 4.78 is 5.45. The van der Waals surface area contributed by atoms with E-state index in [0.29, 0.717) is 18.7 Å². The lowest BCUT2D eigenvalue weighted by Crippen LogP contribution is -2.54. The second-order valence-corrected chi connectivity index (χ2v) is 11.4. The molecule has 7 nitrogen and oxygen atoms in total. The van der Waals surface area contributed by atoms with Crippen molar-refractivity contribution in [3.63, 3.8) is 0 Å². The van der Waals surface area contributed by atoms with Crippen LogP contribution in [0.1, 0.15) is 62.8 Å². The molecule has 0 aromatic heterocycles. The first-order valence-corrected chi connectivity index (χ1v) is 14.2. The molecular formula is C29H39N3O4S. The minimum atomic E-state index is -0.804. The molecule has 2 unspecified atom stereocenters. The number of ether oxygens (including phenoxy) is 1. The standard InChI is InChI=1S/C29H39N3O4S/c1-20-11-9-10-14-23(20)25(26(33)30-19-21-12-7-6-8-13-21)32(22-15-16-22)27(34)24(17-18-37-5)31-28(35)36-29(2,3)4/h6-14,22,24-25H,15-19H2,1-5H3,(H,30,33)(H,31,35). The second-order valence-electron chi connectivity index (χ2n) is 10.4. The summed E-state index contributed by atoms with van der Waals surface area (Å²) in [6.45, 7) is 7.67. The fourth-order valence-corrected chi connectivity index (χ4v) is 4.66.